The van der Waals surface area contributed by atoms with Gasteiger partial charge in [-0.1, -0.05) is 12.2 Å². The van der Waals surface area contributed by atoms with E-state index in [1.54, 1.807) is 14.0 Å². The second-order valence-electron chi connectivity index (χ2n) is 4.60. The van der Waals surface area contributed by atoms with E-state index in [0.29, 0.717) is 6.42 Å². The van der Waals surface area contributed by atoms with Crippen molar-refractivity contribution in [1.82, 2.24) is 0 Å². The lowest BCUT2D eigenvalue weighted by molar-refractivity contribution is -0.147. The summed E-state index contributed by atoms with van der Waals surface area (Å²) in [5, 5.41) is 0. The van der Waals surface area contributed by atoms with Crippen LogP contribution >= 0.6 is 0 Å². The van der Waals surface area contributed by atoms with E-state index in [0.717, 1.165) is 0 Å². The number of hydrogen-bond donors (Lipinski definition) is 0. The molecule has 2 unspecified atom stereocenters. The molecule has 0 fully saturated rings. The van der Waals surface area contributed by atoms with E-state index >= 15 is 0 Å². The van der Waals surface area contributed by atoms with Crippen LogP contribution in [0, 0.1) is 11.3 Å². The molecule has 0 amide bonds. The van der Waals surface area contributed by atoms with Gasteiger partial charge in [0, 0.05) is 19.1 Å². The Kier molecular flexibility index (Phi) is 2.91. The predicted octanol–water partition coefficient (Wildman–Crippen LogP) is 1.27. The van der Waals surface area contributed by atoms with E-state index < -0.39 is 5.41 Å². The molecule has 0 saturated heterocycles. The first-order chi connectivity index (χ1) is 8.05. The second-order valence-corrected chi connectivity index (χ2v) is 4.60. The fraction of sp³-hybridized carbons (Fsp3) is 0.538. The maximum atomic E-state index is 12.4. The van der Waals surface area contributed by atoms with Crippen molar-refractivity contribution in [2.45, 2.75) is 19.4 Å². The Morgan fingerprint density at radius 2 is 2.06 bits per heavy atom. The highest BCUT2D eigenvalue weighted by atomic mass is 16.5. The molecule has 0 N–H and O–H groups in total. The van der Waals surface area contributed by atoms with Crippen molar-refractivity contribution in [3.63, 3.8) is 0 Å². The summed E-state index contributed by atoms with van der Waals surface area (Å²) in [6.45, 7) is 1.78. The van der Waals surface area contributed by atoms with Gasteiger partial charge in [0.05, 0.1) is 18.6 Å². The van der Waals surface area contributed by atoms with Crippen LogP contribution in [0.1, 0.15) is 13.3 Å². The highest BCUT2D eigenvalue weighted by Crippen LogP contribution is 2.45. The minimum absolute atomic E-state index is 0.0599. The SMILES string of the molecule is COC1=CC(=O)C2CC=C[C@@H](OC)C2(C)C1=O. The first kappa shape index (κ1) is 12.0. The lowest BCUT2D eigenvalue weighted by Gasteiger charge is -2.43. The van der Waals surface area contributed by atoms with Gasteiger partial charge in [0.25, 0.3) is 0 Å². The van der Waals surface area contributed by atoms with Crippen LogP contribution in [0.15, 0.2) is 24.0 Å². The molecular formula is C13H16O4. The van der Waals surface area contributed by atoms with Crippen LogP contribution in [0.2, 0.25) is 0 Å². The molecule has 0 aromatic heterocycles. The van der Waals surface area contributed by atoms with Crippen LogP contribution in [0.4, 0.5) is 0 Å². The van der Waals surface area contributed by atoms with E-state index in [4.69, 9.17) is 9.47 Å². The number of rotatable bonds is 2. The van der Waals surface area contributed by atoms with Crippen molar-refractivity contribution in [2.24, 2.45) is 11.3 Å². The average molecular weight is 236 g/mol. The molecule has 92 valence electrons. The molecule has 4 nitrogen and oxygen atoms in total. The topological polar surface area (TPSA) is 52.6 Å². The molecule has 0 aromatic carbocycles. The van der Waals surface area contributed by atoms with E-state index in [1.807, 2.05) is 12.2 Å². The summed E-state index contributed by atoms with van der Waals surface area (Å²) >= 11 is 0. The smallest absolute Gasteiger partial charge is 0.206 e. The maximum absolute atomic E-state index is 12.4. The van der Waals surface area contributed by atoms with Crippen LogP contribution < -0.4 is 0 Å². The number of allylic oxidation sites excluding steroid dienone is 3. The Morgan fingerprint density at radius 3 is 2.65 bits per heavy atom. The summed E-state index contributed by atoms with van der Waals surface area (Å²) in [6, 6.07) is 0. The number of fused-ring (bicyclic) bond motifs is 1. The molecule has 0 heterocycles. The average Bonchev–Trinajstić information content (AvgIpc) is 2.33. The Bertz CT molecular complexity index is 421. The van der Waals surface area contributed by atoms with Gasteiger partial charge >= 0.3 is 0 Å². The molecule has 17 heavy (non-hydrogen) atoms. The van der Waals surface area contributed by atoms with Gasteiger partial charge in [-0.15, -0.1) is 0 Å². The molecule has 2 rings (SSSR count). The predicted molar refractivity (Wildman–Crippen MR) is 61.3 cm³/mol. The second kappa shape index (κ2) is 4.11. The van der Waals surface area contributed by atoms with E-state index in [1.165, 1.54) is 13.2 Å². The van der Waals surface area contributed by atoms with Crippen molar-refractivity contribution in [2.75, 3.05) is 14.2 Å². The van der Waals surface area contributed by atoms with E-state index in [-0.39, 0.29) is 29.3 Å². The monoisotopic (exact) mass is 236 g/mol. The van der Waals surface area contributed by atoms with Gasteiger partial charge in [0.15, 0.2) is 11.5 Å². The summed E-state index contributed by atoms with van der Waals surface area (Å²) in [6.07, 6.45) is 5.25. The first-order valence-corrected chi connectivity index (χ1v) is 5.59. The zero-order valence-corrected chi connectivity index (χ0v) is 10.2. The number of hydrogen-bond acceptors (Lipinski definition) is 4. The van der Waals surface area contributed by atoms with Crippen molar-refractivity contribution in [1.29, 1.82) is 0 Å². The number of carbonyl (C=O) groups excluding carboxylic acids is 2. The molecule has 2 aliphatic rings. The number of ether oxygens (including phenoxy) is 2. The number of methoxy groups -OCH3 is 2. The molecule has 0 bridgehead atoms. The molecule has 2 aliphatic carbocycles. The van der Waals surface area contributed by atoms with Gasteiger partial charge in [0.1, 0.15) is 0 Å². The Balaban J connectivity index is 2.52. The van der Waals surface area contributed by atoms with Gasteiger partial charge in [-0.2, -0.15) is 0 Å². The maximum Gasteiger partial charge on any atom is 0.206 e. The fourth-order valence-corrected chi connectivity index (χ4v) is 2.72. The molecule has 0 spiro atoms. The van der Waals surface area contributed by atoms with Crippen LogP contribution in [-0.2, 0) is 19.1 Å². The largest absolute Gasteiger partial charge is 0.493 e. The fourth-order valence-electron chi connectivity index (χ4n) is 2.72. The molecular weight excluding hydrogens is 220 g/mol. The summed E-state index contributed by atoms with van der Waals surface area (Å²) in [7, 11) is 2.95. The highest BCUT2D eigenvalue weighted by molar-refractivity contribution is 6.12. The molecule has 0 aliphatic heterocycles. The van der Waals surface area contributed by atoms with Gasteiger partial charge in [0.2, 0.25) is 5.78 Å². The quantitative estimate of drug-likeness (QED) is 0.677. The van der Waals surface area contributed by atoms with E-state index in [9.17, 15) is 9.59 Å². The third kappa shape index (κ3) is 1.55. The van der Waals surface area contributed by atoms with Gasteiger partial charge in [-0.3, -0.25) is 9.59 Å². The Morgan fingerprint density at radius 1 is 1.35 bits per heavy atom. The van der Waals surface area contributed by atoms with Crippen molar-refractivity contribution in [3.05, 3.63) is 24.0 Å². The zero-order chi connectivity index (χ0) is 12.6. The van der Waals surface area contributed by atoms with Crippen LogP contribution in [0.3, 0.4) is 0 Å². The lowest BCUT2D eigenvalue weighted by atomic mass is 9.61. The molecule has 4 heteroatoms. The Hall–Kier alpha value is -1.42. The van der Waals surface area contributed by atoms with Gasteiger partial charge in [-0.25, -0.2) is 0 Å². The van der Waals surface area contributed by atoms with Crippen LogP contribution in [0.5, 0.6) is 0 Å². The lowest BCUT2D eigenvalue weighted by Crippen LogP contribution is -2.53. The normalized spacial score (nSPS) is 36.5. The van der Waals surface area contributed by atoms with Gasteiger partial charge in [-0.05, 0) is 13.3 Å². The summed E-state index contributed by atoms with van der Waals surface area (Å²) < 4.78 is 10.3. The number of ketones is 2. The summed E-state index contributed by atoms with van der Waals surface area (Å²) in [5.74, 6) is -0.425. The molecule has 3 atom stereocenters. The van der Waals surface area contributed by atoms with Crippen molar-refractivity contribution < 1.29 is 19.1 Å². The Labute approximate surface area is 100 Å². The summed E-state index contributed by atoms with van der Waals surface area (Å²) in [4.78, 5) is 24.4. The van der Waals surface area contributed by atoms with Crippen molar-refractivity contribution >= 4 is 11.6 Å². The van der Waals surface area contributed by atoms with E-state index in [2.05, 4.69) is 0 Å². The number of Topliss-reactive ketones (excluding diaryl/α,β-unsaturated/α-hetero) is 1. The summed E-state index contributed by atoms with van der Waals surface area (Å²) in [5.41, 5.74) is -0.847. The zero-order valence-electron chi connectivity index (χ0n) is 10.2. The first-order valence-electron chi connectivity index (χ1n) is 5.59. The third-order valence-electron chi connectivity index (χ3n) is 3.80. The minimum atomic E-state index is -0.847. The third-order valence-corrected chi connectivity index (χ3v) is 3.80. The van der Waals surface area contributed by atoms with Crippen LogP contribution in [-0.4, -0.2) is 31.9 Å². The molecule has 0 saturated carbocycles. The minimum Gasteiger partial charge on any atom is -0.493 e. The van der Waals surface area contributed by atoms with Crippen LogP contribution in [0.25, 0.3) is 0 Å². The molecule has 0 radical (unpaired) electrons. The molecule has 0 aromatic rings. The standard InChI is InChI=1S/C13H16O4/c1-13-8(5-4-6-11(13)17-3)9(14)7-10(16-2)12(13)15/h4,6-8,11H,5H2,1-3H3/t8?,11-,13?/m1/s1. The van der Waals surface area contributed by atoms with Gasteiger partial charge < -0.3 is 9.47 Å². The highest BCUT2D eigenvalue weighted by Gasteiger charge is 2.54. The van der Waals surface area contributed by atoms with Crippen molar-refractivity contribution in [3.8, 4) is 0 Å². The number of carbonyl (C=O) groups is 2.